The molecule has 1 aromatic heterocycles. The van der Waals surface area contributed by atoms with Crippen LogP contribution >= 0.6 is 0 Å². The SMILES string of the molecule is CCn1cc(S(=O)NC(=O)Nc2c3c(cc4c2CCC4)CCC3)nc1C. The maximum atomic E-state index is 12.5. The third-order valence-electron chi connectivity index (χ3n) is 5.38. The summed E-state index contributed by atoms with van der Waals surface area (Å²) in [7, 11) is -1.67. The lowest BCUT2D eigenvalue weighted by Crippen LogP contribution is -2.31. The molecule has 4 rings (SSSR count). The summed E-state index contributed by atoms with van der Waals surface area (Å²) in [5.41, 5.74) is 6.20. The molecule has 2 amide bonds. The van der Waals surface area contributed by atoms with Crippen molar-refractivity contribution in [3.8, 4) is 0 Å². The van der Waals surface area contributed by atoms with Crippen molar-refractivity contribution in [2.24, 2.45) is 0 Å². The topological polar surface area (TPSA) is 76.0 Å². The van der Waals surface area contributed by atoms with Crippen LogP contribution in [-0.2, 0) is 43.2 Å². The van der Waals surface area contributed by atoms with E-state index in [9.17, 15) is 9.00 Å². The van der Waals surface area contributed by atoms with E-state index >= 15 is 0 Å². The molecule has 2 N–H and O–H groups in total. The van der Waals surface area contributed by atoms with Gasteiger partial charge < -0.3 is 9.88 Å². The minimum atomic E-state index is -1.67. The van der Waals surface area contributed by atoms with Gasteiger partial charge in [-0.1, -0.05) is 6.07 Å². The predicted molar refractivity (Wildman–Crippen MR) is 102 cm³/mol. The molecule has 2 aromatic rings. The highest BCUT2D eigenvalue weighted by Gasteiger charge is 2.25. The summed E-state index contributed by atoms with van der Waals surface area (Å²) in [6, 6.07) is 1.90. The molecular formula is C19H24N4O2S. The van der Waals surface area contributed by atoms with Gasteiger partial charge in [0, 0.05) is 18.4 Å². The van der Waals surface area contributed by atoms with Gasteiger partial charge in [0.1, 0.15) is 5.82 Å². The lowest BCUT2D eigenvalue weighted by Gasteiger charge is -2.16. The van der Waals surface area contributed by atoms with Crippen LogP contribution < -0.4 is 10.0 Å². The molecule has 0 saturated carbocycles. The normalized spacial score (nSPS) is 16.2. The highest BCUT2D eigenvalue weighted by atomic mass is 32.2. The molecule has 6 nitrogen and oxygen atoms in total. The standard InChI is InChI=1S/C19H24N4O2S/c1-3-23-11-17(20-12(23)2)26(25)22-19(24)21-18-15-8-4-6-13(15)10-14-7-5-9-16(14)18/h10-11H,3-9H2,1-2H3,(H2,21,22,24). The van der Waals surface area contributed by atoms with Crippen molar-refractivity contribution in [3.05, 3.63) is 40.3 Å². The van der Waals surface area contributed by atoms with Gasteiger partial charge in [0.2, 0.25) is 0 Å². The number of carbonyl (C=O) groups is 1. The monoisotopic (exact) mass is 372 g/mol. The van der Waals surface area contributed by atoms with Crippen molar-refractivity contribution in [3.63, 3.8) is 0 Å². The smallest absolute Gasteiger partial charge is 0.331 e. The average molecular weight is 372 g/mol. The fourth-order valence-electron chi connectivity index (χ4n) is 4.13. The fourth-order valence-corrected chi connectivity index (χ4v) is 4.89. The van der Waals surface area contributed by atoms with Crippen molar-refractivity contribution >= 4 is 22.7 Å². The van der Waals surface area contributed by atoms with E-state index in [1.165, 1.54) is 22.3 Å². The van der Waals surface area contributed by atoms with E-state index in [-0.39, 0.29) is 0 Å². The van der Waals surface area contributed by atoms with Gasteiger partial charge >= 0.3 is 6.03 Å². The van der Waals surface area contributed by atoms with E-state index in [2.05, 4.69) is 21.1 Å². The Hall–Kier alpha value is -2.15. The molecule has 2 aliphatic rings. The van der Waals surface area contributed by atoms with Crippen LogP contribution in [0.3, 0.4) is 0 Å². The molecule has 0 aliphatic heterocycles. The van der Waals surface area contributed by atoms with Gasteiger partial charge in [0.15, 0.2) is 16.0 Å². The summed E-state index contributed by atoms with van der Waals surface area (Å²) in [5, 5.41) is 3.38. The van der Waals surface area contributed by atoms with Crippen molar-refractivity contribution in [2.45, 2.75) is 63.9 Å². The molecule has 138 valence electrons. The minimum absolute atomic E-state index is 0.378. The second-order valence-corrected chi connectivity index (χ2v) is 8.13. The molecule has 0 radical (unpaired) electrons. The molecular weight excluding hydrogens is 348 g/mol. The number of imidazole rings is 1. The number of urea groups is 1. The van der Waals surface area contributed by atoms with E-state index in [0.29, 0.717) is 5.03 Å². The van der Waals surface area contributed by atoms with Crippen LogP contribution in [0.4, 0.5) is 10.5 Å². The number of carbonyl (C=O) groups excluding carboxylic acids is 1. The highest BCUT2D eigenvalue weighted by Crippen LogP contribution is 2.38. The summed E-state index contributed by atoms with van der Waals surface area (Å²) < 4.78 is 16.9. The van der Waals surface area contributed by atoms with Crippen LogP contribution in [0.2, 0.25) is 0 Å². The number of benzene rings is 1. The number of rotatable bonds is 4. The Labute approximate surface area is 156 Å². The molecule has 0 saturated heterocycles. The lowest BCUT2D eigenvalue weighted by atomic mass is 9.99. The quantitative estimate of drug-likeness (QED) is 0.866. The third kappa shape index (κ3) is 3.05. The van der Waals surface area contributed by atoms with Gasteiger partial charge in [-0.2, -0.15) is 0 Å². The van der Waals surface area contributed by atoms with E-state index in [1.807, 2.05) is 18.4 Å². The molecule has 26 heavy (non-hydrogen) atoms. The fraction of sp³-hybridized carbons (Fsp3) is 0.474. The Morgan fingerprint density at radius 1 is 1.19 bits per heavy atom. The van der Waals surface area contributed by atoms with Crippen molar-refractivity contribution in [1.29, 1.82) is 0 Å². The lowest BCUT2D eigenvalue weighted by molar-refractivity contribution is 0.257. The molecule has 7 heteroatoms. The first-order valence-corrected chi connectivity index (χ1v) is 10.4. The van der Waals surface area contributed by atoms with Crippen LogP contribution in [0.25, 0.3) is 0 Å². The van der Waals surface area contributed by atoms with Crippen molar-refractivity contribution in [2.75, 3.05) is 5.32 Å². The summed E-state index contributed by atoms with van der Waals surface area (Å²) in [4.78, 5) is 16.8. The van der Waals surface area contributed by atoms with Crippen LogP contribution in [0.1, 0.15) is 47.8 Å². The van der Waals surface area contributed by atoms with Crippen LogP contribution in [0.15, 0.2) is 17.3 Å². The second-order valence-electron chi connectivity index (χ2n) is 6.97. The molecule has 0 bridgehead atoms. The Kier molecular flexibility index (Phi) is 4.56. The molecule has 1 aromatic carbocycles. The number of hydrogen-bond donors (Lipinski definition) is 2. The predicted octanol–water partition coefficient (Wildman–Crippen LogP) is 3.03. The van der Waals surface area contributed by atoms with Crippen molar-refractivity contribution < 1.29 is 9.00 Å². The summed E-state index contributed by atoms with van der Waals surface area (Å²) in [5.74, 6) is 0.789. The molecule has 0 spiro atoms. The number of hydrogen-bond acceptors (Lipinski definition) is 3. The minimum Gasteiger partial charge on any atom is -0.334 e. The number of nitrogens with one attached hydrogen (secondary N) is 2. The summed E-state index contributed by atoms with van der Waals surface area (Å²) >= 11 is 0. The summed E-state index contributed by atoms with van der Waals surface area (Å²) in [6.07, 6.45) is 8.16. The largest absolute Gasteiger partial charge is 0.334 e. The number of amides is 2. The van der Waals surface area contributed by atoms with Gasteiger partial charge in [-0.3, -0.25) is 4.72 Å². The van der Waals surface area contributed by atoms with E-state index < -0.39 is 17.0 Å². The maximum absolute atomic E-state index is 12.5. The number of anilines is 1. The first-order valence-electron chi connectivity index (χ1n) is 9.26. The first kappa shape index (κ1) is 17.3. The number of fused-ring (bicyclic) bond motifs is 2. The Morgan fingerprint density at radius 3 is 2.42 bits per heavy atom. The third-order valence-corrected chi connectivity index (χ3v) is 6.33. The molecule has 1 heterocycles. The molecule has 1 unspecified atom stereocenters. The maximum Gasteiger partial charge on any atom is 0.331 e. The Bertz CT molecular complexity index is 871. The van der Waals surface area contributed by atoms with E-state index in [1.54, 1.807) is 6.20 Å². The molecule has 0 fully saturated rings. The average Bonchev–Trinajstić information content (AvgIpc) is 3.33. The number of aromatic nitrogens is 2. The van der Waals surface area contributed by atoms with Gasteiger partial charge in [-0.25, -0.2) is 14.0 Å². The van der Waals surface area contributed by atoms with E-state index in [0.717, 1.165) is 56.6 Å². The number of aryl methyl sites for hydroxylation is 4. The number of nitrogens with zero attached hydrogens (tertiary/aromatic N) is 2. The van der Waals surface area contributed by atoms with Crippen LogP contribution in [0, 0.1) is 6.92 Å². The van der Waals surface area contributed by atoms with E-state index in [4.69, 9.17) is 0 Å². The van der Waals surface area contributed by atoms with Crippen LogP contribution in [0.5, 0.6) is 0 Å². The Balaban J connectivity index is 1.53. The zero-order valence-corrected chi connectivity index (χ0v) is 16.0. The summed E-state index contributed by atoms with van der Waals surface area (Å²) in [6.45, 7) is 4.61. The molecule has 1 atom stereocenters. The second kappa shape index (κ2) is 6.87. The Morgan fingerprint density at radius 2 is 1.85 bits per heavy atom. The van der Waals surface area contributed by atoms with Crippen molar-refractivity contribution in [1.82, 2.24) is 14.3 Å². The molecule has 2 aliphatic carbocycles. The van der Waals surface area contributed by atoms with Gasteiger partial charge in [0.25, 0.3) is 0 Å². The van der Waals surface area contributed by atoms with Gasteiger partial charge in [-0.05, 0) is 74.6 Å². The van der Waals surface area contributed by atoms with Gasteiger partial charge in [0.05, 0.1) is 0 Å². The zero-order chi connectivity index (χ0) is 18.3. The highest BCUT2D eigenvalue weighted by molar-refractivity contribution is 7.83. The van der Waals surface area contributed by atoms with Gasteiger partial charge in [-0.15, -0.1) is 0 Å². The van der Waals surface area contributed by atoms with Crippen LogP contribution in [-0.4, -0.2) is 19.8 Å². The zero-order valence-electron chi connectivity index (χ0n) is 15.2. The first-order chi connectivity index (χ1) is 12.6.